The minimum Gasteiger partial charge on any atom is -0.341 e. The van der Waals surface area contributed by atoms with Crippen LogP contribution in [0.4, 0.5) is 0 Å². The number of likely N-dealkylation sites (N-methyl/N-ethyl adjacent to an activating group) is 1. The second kappa shape index (κ2) is 7.18. The van der Waals surface area contributed by atoms with Gasteiger partial charge < -0.3 is 9.80 Å². The highest BCUT2D eigenvalue weighted by Gasteiger charge is 2.21. The van der Waals surface area contributed by atoms with E-state index in [0.29, 0.717) is 30.1 Å². The maximum atomic E-state index is 12.4. The van der Waals surface area contributed by atoms with E-state index in [1.807, 2.05) is 23.3 Å². The van der Waals surface area contributed by atoms with E-state index in [2.05, 4.69) is 0 Å². The van der Waals surface area contributed by atoms with Crippen LogP contribution < -0.4 is 0 Å². The normalized spacial score (nSPS) is 14.6. The van der Waals surface area contributed by atoms with Gasteiger partial charge in [0, 0.05) is 38.0 Å². The number of halogens is 1. The molecule has 1 aromatic rings. The van der Waals surface area contributed by atoms with Crippen molar-refractivity contribution in [1.29, 1.82) is 0 Å². The van der Waals surface area contributed by atoms with Crippen molar-refractivity contribution in [3.63, 3.8) is 0 Å². The number of carbonyl (C=O) groups excluding carboxylic acids is 2. The fraction of sp³-hybridized carbons (Fsp3) is 0.467. The van der Waals surface area contributed by atoms with Gasteiger partial charge in [0.25, 0.3) is 5.91 Å². The molecule has 0 bridgehead atoms. The van der Waals surface area contributed by atoms with E-state index in [-0.39, 0.29) is 11.8 Å². The average Bonchev–Trinajstić information content (AvgIpc) is 2.90. The highest BCUT2D eigenvalue weighted by Crippen LogP contribution is 2.24. The third-order valence-corrected chi connectivity index (χ3v) is 4.68. The van der Waals surface area contributed by atoms with Gasteiger partial charge in [-0.2, -0.15) is 0 Å². The van der Waals surface area contributed by atoms with Gasteiger partial charge in [-0.15, -0.1) is 11.8 Å². The lowest BCUT2D eigenvalue weighted by Crippen LogP contribution is -2.37. The number of hydrogen-bond donors (Lipinski definition) is 0. The van der Waals surface area contributed by atoms with Gasteiger partial charge in [-0.25, -0.2) is 0 Å². The van der Waals surface area contributed by atoms with E-state index in [4.69, 9.17) is 11.6 Å². The molecule has 4 nitrogen and oxygen atoms in total. The summed E-state index contributed by atoms with van der Waals surface area (Å²) in [5, 5.41) is 0.460. The summed E-state index contributed by atoms with van der Waals surface area (Å²) in [4.78, 5) is 28.4. The third kappa shape index (κ3) is 3.92. The zero-order chi connectivity index (χ0) is 15.4. The van der Waals surface area contributed by atoms with Gasteiger partial charge in [0.2, 0.25) is 5.91 Å². The lowest BCUT2D eigenvalue weighted by molar-refractivity contribution is -0.127. The van der Waals surface area contributed by atoms with Gasteiger partial charge in [-0.05, 0) is 30.9 Å². The Bertz CT molecular complexity index is 550. The molecule has 0 N–H and O–H groups in total. The summed E-state index contributed by atoms with van der Waals surface area (Å²) < 4.78 is 0. The molecule has 2 amide bonds. The summed E-state index contributed by atoms with van der Waals surface area (Å²) in [7, 11) is 1.74. The van der Waals surface area contributed by atoms with E-state index in [0.717, 1.165) is 17.9 Å². The van der Waals surface area contributed by atoms with Crippen molar-refractivity contribution in [3.05, 3.63) is 28.8 Å². The Morgan fingerprint density at radius 3 is 2.86 bits per heavy atom. The van der Waals surface area contributed by atoms with Crippen LogP contribution in [0.2, 0.25) is 5.02 Å². The van der Waals surface area contributed by atoms with E-state index in [1.54, 1.807) is 29.8 Å². The zero-order valence-electron chi connectivity index (χ0n) is 12.3. The molecule has 114 valence electrons. The first kappa shape index (κ1) is 16.2. The Labute approximate surface area is 134 Å². The van der Waals surface area contributed by atoms with Crippen LogP contribution in [0.5, 0.6) is 0 Å². The van der Waals surface area contributed by atoms with Crippen LogP contribution in [-0.2, 0) is 4.79 Å². The summed E-state index contributed by atoms with van der Waals surface area (Å²) >= 11 is 7.69. The van der Waals surface area contributed by atoms with Crippen molar-refractivity contribution in [2.45, 2.75) is 17.7 Å². The molecule has 0 radical (unpaired) electrons. The Hall–Kier alpha value is -1.20. The number of carbonyl (C=O) groups is 2. The maximum absolute atomic E-state index is 12.4. The Morgan fingerprint density at radius 1 is 1.48 bits per heavy atom. The summed E-state index contributed by atoms with van der Waals surface area (Å²) in [5.74, 6) is 0.0702. The summed E-state index contributed by atoms with van der Waals surface area (Å²) in [5.41, 5.74) is 0.513. The van der Waals surface area contributed by atoms with Crippen LogP contribution in [0.3, 0.4) is 0 Å². The van der Waals surface area contributed by atoms with Crippen molar-refractivity contribution >= 4 is 35.2 Å². The third-order valence-electron chi connectivity index (χ3n) is 3.63. The lowest BCUT2D eigenvalue weighted by atomic mass is 10.2. The molecule has 2 rings (SSSR count). The van der Waals surface area contributed by atoms with Crippen LogP contribution in [0.25, 0.3) is 0 Å². The average molecular weight is 327 g/mol. The molecule has 0 aliphatic carbocycles. The molecule has 1 fully saturated rings. The smallest absolute Gasteiger partial charge is 0.255 e. The zero-order valence-corrected chi connectivity index (χ0v) is 13.8. The van der Waals surface area contributed by atoms with E-state index < -0.39 is 0 Å². The van der Waals surface area contributed by atoms with Gasteiger partial charge in [-0.1, -0.05) is 11.6 Å². The molecule has 1 aromatic carbocycles. The van der Waals surface area contributed by atoms with Gasteiger partial charge in [0.15, 0.2) is 0 Å². The van der Waals surface area contributed by atoms with Gasteiger partial charge in [-0.3, -0.25) is 9.59 Å². The molecule has 0 aromatic heterocycles. The Kier molecular flexibility index (Phi) is 5.53. The highest BCUT2D eigenvalue weighted by molar-refractivity contribution is 7.98. The standard InChI is InChI=1S/C15H19ClN2O2S/c1-17(8-9-18-7-3-4-14(18)19)15(20)12-10-11(21-2)5-6-13(12)16/h5-6,10H,3-4,7-9H2,1-2H3. The number of nitrogens with zero attached hydrogens (tertiary/aromatic N) is 2. The van der Waals surface area contributed by atoms with Crippen molar-refractivity contribution in [2.24, 2.45) is 0 Å². The minimum atomic E-state index is -0.109. The molecular weight excluding hydrogens is 308 g/mol. The molecular formula is C15H19ClN2O2S. The summed E-state index contributed by atoms with van der Waals surface area (Å²) in [6, 6.07) is 5.46. The Morgan fingerprint density at radius 2 is 2.24 bits per heavy atom. The van der Waals surface area contributed by atoms with Gasteiger partial charge in [0.1, 0.15) is 0 Å². The summed E-state index contributed by atoms with van der Waals surface area (Å²) in [6.07, 6.45) is 3.50. The topological polar surface area (TPSA) is 40.6 Å². The first-order valence-corrected chi connectivity index (χ1v) is 8.50. The molecule has 21 heavy (non-hydrogen) atoms. The molecule has 1 saturated heterocycles. The molecule has 1 heterocycles. The van der Waals surface area contributed by atoms with Crippen LogP contribution in [-0.4, -0.2) is 54.6 Å². The maximum Gasteiger partial charge on any atom is 0.255 e. The first-order valence-electron chi connectivity index (χ1n) is 6.89. The predicted octanol–water partition coefficient (Wildman–Crippen LogP) is 2.76. The fourth-order valence-corrected chi connectivity index (χ4v) is 2.95. The number of hydrogen-bond acceptors (Lipinski definition) is 3. The van der Waals surface area contributed by atoms with Gasteiger partial charge >= 0.3 is 0 Å². The van der Waals surface area contributed by atoms with E-state index >= 15 is 0 Å². The number of likely N-dealkylation sites (tertiary alicyclic amines) is 1. The van der Waals surface area contributed by atoms with Gasteiger partial charge in [0.05, 0.1) is 10.6 Å². The molecule has 1 aliphatic rings. The molecule has 0 saturated carbocycles. The second-order valence-electron chi connectivity index (χ2n) is 5.06. The van der Waals surface area contributed by atoms with Crippen molar-refractivity contribution in [2.75, 3.05) is 32.9 Å². The van der Waals surface area contributed by atoms with Crippen molar-refractivity contribution in [1.82, 2.24) is 9.80 Å². The minimum absolute atomic E-state index is 0.109. The molecule has 6 heteroatoms. The molecule has 0 unspecified atom stereocenters. The summed E-state index contributed by atoms with van der Waals surface area (Å²) in [6.45, 7) is 1.90. The number of rotatable bonds is 5. The van der Waals surface area contributed by atoms with Crippen LogP contribution >= 0.6 is 23.4 Å². The molecule has 0 spiro atoms. The molecule has 1 aliphatic heterocycles. The molecule has 0 atom stereocenters. The van der Waals surface area contributed by atoms with E-state index in [9.17, 15) is 9.59 Å². The van der Waals surface area contributed by atoms with Crippen LogP contribution in [0.15, 0.2) is 23.1 Å². The quantitative estimate of drug-likeness (QED) is 0.781. The van der Waals surface area contributed by atoms with Crippen LogP contribution in [0.1, 0.15) is 23.2 Å². The fourth-order valence-electron chi connectivity index (χ4n) is 2.31. The van der Waals surface area contributed by atoms with Crippen molar-refractivity contribution < 1.29 is 9.59 Å². The SMILES string of the molecule is CSc1ccc(Cl)c(C(=O)N(C)CCN2CCCC2=O)c1. The largest absolute Gasteiger partial charge is 0.341 e. The number of amides is 2. The van der Waals surface area contributed by atoms with Crippen LogP contribution in [0, 0.1) is 0 Å². The Balaban J connectivity index is 2.00. The lowest BCUT2D eigenvalue weighted by Gasteiger charge is -2.22. The second-order valence-corrected chi connectivity index (χ2v) is 6.34. The highest BCUT2D eigenvalue weighted by atomic mass is 35.5. The number of thioether (sulfide) groups is 1. The van der Waals surface area contributed by atoms with Crippen molar-refractivity contribution in [3.8, 4) is 0 Å². The number of benzene rings is 1. The van der Waals surface area contributed by atoms with E-state index in [1.165, 1.54) is 0 Å². The monoisotopic (exact) mass is 326 g/mol. The first-order chi connectivity index (χ1) is 10.0. The predicted molar refractivity (Wildman–Crippen MR) is 86.0 cm³/mol.